The number of carbonyl (C=O) groups excluding carboxylic acids is 1. The predicted octanol–water partition coefficient (Wildman–Crippen LogP) is 2.71. The summed E-state index contributed by atoms with van der Waals surface area (Å²) in [6.07, 6.45) is 4.97. The van der Waals surface area contributed by atoms with Gasteiger partial charge >= 0.3 is 0 Å². The molecule has 0 amide bonds. The lowest BCUT2D eigenvalue weighted by Crippen LogP contribution is -2.41. The van der Waals surface area contributed by atoms with Crippen molar-refractivity contribution in [2.24, 2.45) is 0 Å². The Morgan fingerprint density at radius 3 is 2.47 bits per heavy atom. The molecule has 5 heteroatoms. The molecule has 0 aromatic carbocycles. The van der Waals surface area contributed by atoms with Crippen LogP contribution in [0.1, 0.15) is 23.2 Å². The van der Waals surface area contributed by atoms with E-state index in [-0.39, 0.29) is 0 Å². The summed E-state index contributed by atoms with van der Waals surface area (Å²) in [5.74, 6) is 0.956. The van der Waals surface area contributed by atoms with Gasteiger partial charge in [-0.1, -0.05) is 0 Å². The number of rotatable bonds is 4. The van der Waals surface area contributed by atoms with Crippen LogP contribution in [-0.4, -0.2) is 38.8 Å². The van der Waals surface area contributed by atoms with Crippen molar-refractivity contribution in [1.82, 2.24) is 4.98 Å². The molecule has 2 heterocycles. The lowest BCUT2D eigenvalue weighted by molar-refractivity contribution is 0.112. The molecule has 104 valence electrons. The number of pyridine rings is 1. The van der Waals surface area contributed by atoms with E-state index in [4.69, 9.17) is 4.43 Å². The third-order valence-corrected chi connectivity index (χ3v) is 4.23. The number of hydrogen-bond donors (Lipinski definition) is 0. The van der Waals surface area contributed by atoms with Crippen molar-refractivity contribution < 1.29 is 9.22 Å². The fourth-order valence-corrected chi connectivity index (χ4v) is 3.59. The molecule has 2 rings (SSSR count). The smallest absolute Gasteiger partial charge is 0.184 e. The van der Waals surface area contributed by atoms with E-state index >= 15 is 0 Å². The predicted molar refractivity (Wildman–Crippen MR) is 79.3 cm³/mol. The Labute approximate surface area is 115 Å². The zero-order chi connectivity index (χ0) is 13.9. The van der Waals surface area contributed by atoms with E-state index in [1.54, 1.807) is 6.20 Å². The fourth-order valence-electron chi connectivity index (χ4n) is 2.36. The van der Waals surface area contributed by atoms with Crippen LogP contribution in [0.15, 0.2) is 18.3 Å². The van der Waals surface area contributed by atoms with E-state index in [9.17, 15) is 4.79 Å². The van der Waals surface area contributed by atoms with Crippen molar-refractivity contribution >= 4 is 20.4 Å². The molecule has 0 spiro atoms. The summed E-state index contributed by atoms with van der Waals surface area (Å²) in [4.78, 5) is 17.2. The van der Waals surface area contributed by atoms with Gasteiger partial charge in [-0.3, -0.25) is 4.79 Å². The highest BCUT2D eigenvalue weighted by atomic mass is 28.4. The standard InChI is InChI=1S/C14H22N2O2Si/c1-19(2,3)18-13-6-8-16(9-7-13)14-5-4-12(11-17)10-15-14/h4-5,10-11,13H,6-9H2,1-3H3. The molecule has 1 fully saturated rings. The lowest BCUT2D eigenvalue weighted by Gasteiger charge is -2.35. The van der Waals surface area contributed by atoms with Crippen LogP contribution in [0.3, 0.4) is 0 Å². The van der Waals surface area contributed by atoms with Gasteiger partial charge in [0.2, 0.25) is 0 Å². The van der Waals surface area contributed by atoms with Crippen LogP contribution in [0.5, 0.6) is 0 Å². The van der Waals surface area contributed by atoms with E-state index in [1.165, 1.54) is 0 Å². The first-order valence-electron chi connectivity index (χ1n) is 6.82. The minimum atomic E-state index is -1.43. The number of carbonyl (C=O) groups is 1. The van der Waals surface area contributed by atoms with Crippen molar-refractivity contribution in [2.45, 2.75) is 38.6 Å². The van der Waals surface area contributed by atoms with Crippen LogP contribution in [0.4, 0.5) is 5.82 Å². The molecule has 0 saturated carbocycles. The number of anilines is 1. The summed E-state index contributed by atoms with van der Waals surface area (Å²) in [5, 5.41) is 0. The van der Waals surface area contributed by atoms with Crippen LogP contribution in [-0.2, 0) is 4.43 Å². The van der Waals surface area contributed by atoms with E-state index in [0.717, 1.165) is 38.0 Å². The molecule has 0 aliphatic carbocycles. The Bertz CT molecular complexity index is 420. The average Bonchev–Trinajstić information content (AvgIpc) is 2.38. The zero-order valence-electron chi connectivity index (χ0n) is 11.9. The Kier molecular flexibility index (Phi) is 4.37. The highest BCUT2D eigenvalue weighted by molar-refractivity contribution is 6.69. The van der Waals surface area contributed by atoms with E-state index in [0.29, 0.717) is 11.7 Å². The summed E-state index contributed by atoms with van der Waals surface area (Å²) in [7, 11) is -1.43. The molecule has 0 unspecified atom stereocenters. The van der Waals surface area contributed by atoms with Gasteiger partial charge in [-0.2, -0.15) is 0 Å². The Hall–Kier alpha value is -1.20. The molecule has 0 N–H and O–H groups in total. The van der Waals surface area contributed by atoms with Crippen LogP contribution in [0, 0.1) is 0 Å². The third-order valence-electron chi connectivity index (χ3n) is 3.19. The third kappa shape index (κ3) is 4.14. The molecular formula is C14H22N2O2Si. The Balaban J connectivity index is 1.90. The van der Waals surface area contributed by atoms with Crippen molar-refractivity contribution in [3.8, 4) is 0 Å². The molecule has 1 aromatic heterocycles. The maximum atomic E-state index is 10.6. The zero-order valence-corrected chi connectivity index (χ0v) is 12.9. The topological polar surface area (TPSA) is 42.4 Å². The van der Waals surface area contributed by atoms with Gasteiger partial charge in [0.1, 0.15) is 5.82 Å². The minimum absolute atomic E-state index is 0.400. The monoisotopic (exact) mass is 278 g/mol. The molecule has 0 bridgehead atoms. The van der Waals surface area contributed by atoms with Gasteiger partial charge in [-0.15, -0.1) is 0 Å². The van der Waals surface area contributed by atoms with Gasteiger partial charge in [0.05, 0.1) is 0 Å². The molecule has 1 saturated heterocycles. The number of aromatic nitrogens is 1. The average molecular weight is 278 g/mol. The second kappa shape index (κ2) is 5.84. The van der Waals surface area contributed by atoms with Gasteiger partial charge in [0.25, 0.3) is 0 Å². The van der Waals surface area contributed by atoms with E-state index in [1.807, 2.05) is 12.1 Å². The molecular weight excluding hydrogens is 256 g/mol. The maximum absolute atomic E-state index is 10.6. The van der Waals surface area contributed by atoms with Crippen molar-refractivity contribution in [3.63, 3.8) is 0 Å². The first kappa shape index (κ1) is 14.2. The van der Waals surface area contributed by atoms with E-state index in [2.05, 4.69) is 29.5 Å². The molecule has 4 nitrogen and oxygen atoms in total. The maximum Gasteiger partial charge on any atom is 0.184 e. The molecule has 0 atom stereocenters. The first-order valence-corrected chi connectivity index (χ1v) is 10.2. The molecule has 1 aliphatic heterocycles. The van der Waals surface area contributed by atoms with Crippen molar-refractivity contribution in [1.29, 1.82) is 0 Å². The summed E-state index contributed by atoms with van der Waals surface area (Å²) in [6.45, 7) is 8.66. The highest BCUT2D eigenvalue weighted by Crippen LogP contribution is 2.22. The lowest BCUT2D eigenvalue weighted by atomic mass is 10.1. The van der Waals surface area contributed by atoms with Gasteiger partial charge in [0.15, 0.2) is 14.6 Å². The van der Waals surface area contributed by atoms with Gasteiger partial charge < -0.3 is 9.33 Å². The summed E-state index contributed by atoms with van der Waals surface area (Å²) >= 11 is 0. The molecule has 1 aromatic rings. The second-order valence-electron chi connectivity index (χ2n) is 5.98. The van der Waals surface area contributed by atoms with Crippen LogP contribution in [0.2, 0.25) is 19.6 Å². The summed E-state index contributed by atoms with van der Waals surface area (Å²) < 4.78 is 6.14. The quantitative estimate of drug-likeness (QED) is 0.627. The Morgan fingerprint density at radius 2 is 2.00 bits per heavy atom. The van der Waals surface area contributed by atoms with Crippen molar-refractivity contribution in [2.75, 3.05) is 18.0 Å². The second-order valence-corrected chi connectivity index (χ2v) is 10.4. The number of nitrogens with zero attached hydrogens (tertiary/aromatic N) is 2. The highest BCUT2D eigenvalue weighted by Gasteiger charge is 2.25. The molecule has 0 radical (unpaired) electrons. The minimum Gasteiger partial charge on any atom is -0.415 e. The molecule has 1 aliphatic rings. The first-order chi connectivity index (χ1) is 8.98. The van der Waals surface area contributed by atoms with Crippen LogP contribution in [0.25, 0.3) is 0 Å². The summed E-state index contributed by atoms with van der Waals surface area (Å²) in [5.41, 5.74) is 0.626. The van der Waals surface area contributed by atoms with Gasteiger partial charge in [-0.05, 0) is 44.6 Å². The van der Waals surface area contributed by atoms with Gasteiger partial charge in [0, 0.05) is 31.0 Å². The number of piperidine rings is 1. The van der Waals surface area contributed by atoms with Gasteiger partial charge in [-0.25, -0.2) is 4.98 Å². The molecule has 19 heavy (non-hydrogen) atoms. The SMILES string of the molecule is C[Si](C)(C)OC1CCN(c2ccc(C=O)cn2)CC1. The fraction of sp³-hybridized carbons (Fsp3) is 0.571. The number of hydrogen-bond acceptors (Lipinski definition) is 4. The normalized spacial score (nSPS) is 17.5. The van der Waals surface area contributed by atoms with Crippen LogP contribution < -0.4 is 4.90 Å². The largest absolute Gasteiger partial charge is 0.415 e. The number of aldehydes is 1. The van der Waals surface area contributed by atoms with E-state index < -0.39 is 8.32 Å². The summed E-state index contributed by atoms with van der Waals surface area (Å²) in [6, 6.07) is 3.74. The Morgan fingerprint density at radius 1 is 1.32 bits per heavy atom. The van der Waals surface area contributed by atoms with Crippen molar-refractivity contribution in [3.05, 3.63) is 23.9 Å². The van der Waals surface area contributed by atoms with Crippen LogP contribution >= 0.6 is 0 Å².